The van der Waals surface area contributed by atoms with Gasteiger partial charge in [0.2, 0.25) is 0 Å². The average Bonchev–Trinajstić information content (AvgIpc) is 1.58. The second-order valence-corrected chi connectivity index (χ2v) is 42.2. The molecule has 2 saturated carbocycles. The van der Waals surface area contributed by atoms with Crippen LogP contribution in [-0.4, -0.2) is 256 Å². The Morgan fingerprint density at radius 1 is 0.410 bits per heavy atom. The molecule has 0 amide bonds. The van der Waals surface area contributed by atoms with E-state index in [1.807, 2.05) is 0 Å². The second kappa shape index (κ2) is 39.4. The Morgan fingerprint density at radius 3 is 1.02 bits per heavy atom. The maximum Gasteiger partial charge on any atom is 0.364 e. The standard InChI is InChI=1S/C18H29F3O7S.C17H27F3O8S.C17H27F3O7S2.C11H11F3O5S.2C4H10O/c1-16(2,23)13-9-7-10(14(13)17(3,4)24)11(8-9)15(22)28-6-5-12(19)18(20,21)29(25,26)27;2*1-15(2,22)11-9-7-8(13(28-9)12(11)16(3,4)23)14(21)27-6-5-10(18)17(19,20)29(24,25)26;12-9(11(13,14)20(16,17)18)6-7-19-10(15)8-4-2-1-3-5-8;2*1-4(2,3)5/h9-14,23-24H,5-8H2,1-4H3,(H,25,26,27);2*8-13,22-23H,5-7H2,1-4H3,(H,24,25,26);1-5,9H,6-7H2,(H,16,17,18);2*5H,1-3H3/p-4. The number of halogens is 12. The molecule has 2 aliphatic carbocycles. The summed E-state index contributed by atoms with van der Waals surface area (Å²) in [5.74, 6) is -8.24. The van der Waals surface area contributed by atoms with Crippen LogP contribution >= 0.6 is 11.8 Å². The third-order valence-corrected chi connectivity index (χ3v) is 25.2. The summed E-state index contributed by atoms with van der Waals surface area (Å²) >= 11 is 1.45. The van der Waals surface area contributed by atoms with Gasteiger partial charge in [0, 0.05) is 59.9 Å². The van der Waals surface area contributed by atoms with Crippen molar-refractivity contribution >= 4 is 76.1 Å². The predicted octanol–water partition coefficient (Wildman–Crippen LogP) is 7.72. The van der Waals surface area contributed by atoms with Crippen LogP contribution in [0.4, 0.5) is 52.7 Å². The smallest absolute Gasteiger partial charge is 0.364 e. The second-order valence-electron chi connectivity index (χ2n) is 35.0. The fourth-order valence-electron chi connectivity index (χ4n) is 15.3. The van der Waals surface area contributed by atoms with Gasteiger partial charge in [-0.05, 0) is 186 Å². The first-order valence-electron chi connectivity index (χ1n) is 36.5. The Balaban J connectivity index is 0.000000511. The van der Waals surface area contributed by atoms with Gasteiger partial charge in [-0.1, -0.05) is 18.2 Å². The Labute approximate surface area is 677 Å². The van der Waals surface area contributed by atoms with Crippen molar-refractivity contribution in [2.75, 3.05) is 26.4 Å². The van der Waals surface area contributed by atoms with Crippen LogP contribution in [-0.2, 0) is 78.5 Å². The van der Waals surface area contributed by atoms with E-state index in [9.17, 15) is 154 Å². The minimum absolute atomic E-state index is 0.0437. The van der Waals surface area contributed by atoms with Crippen molar-refractivity contribution in [3.8, 4) is 0 Å². The summed E-state index contributed by atoms with van der Waals surface area (Å²) in [6.45, 7) is 26.3. The zero-order valence-electron chi connectivity index (χ0n) is 67.6. The molecule has 19 atom stereocenters. The maximum atomic E-state index is 13.5. The number of benzene rings is 1. The summed E-state index contributed by atoms with van der Waals surface area (Å²) in [5.41, 5.74) is -7.93. The number of fused-ring (bicyclic) bond motifs is 6. The van der Waals surface area contributed by atoms with Crippen molar-refractivity contribution in [1.82, 2.24) is 0 Å². The van der Waals surface area contributed by atoms with Gasteiger partial charge >= 0.3 is 44.9 Å². The van der Waals surface area contributed by atoms with Crippen LogP contribution in [0.1, 0.15) is 186 Å². The molecule has 46 heteroatoms. The Bertz CT molecular complexity index is 3590. The molecule has 1 aromatic carbocycles. The highest BCUT2D eigenvalue weighted by molar-refractivity contribution is 8.01. The largest absolute Gasteiger partial charge is 0.743 e. The number of rotatable bonds is 30. The number of carbonyl (C=O) groups is 4. The quantitative estimate of drug-likeness (QED) is 0.0158. The molecule has 117 heavy (non-hydrogen) atoms. The highest BCUT2D eigenvalue weighted by atomic mass is 32.2. The van der Waals surface area contributed by atoms with Crippen molar-refractivity contribution in [3.63, 3.8) is 0 Å². The van der Waals surface area contributed by atoms with Gasteiger partial charge in [0.1, 0.15) is 0 Å². The summed E-state index contributed by atoms with van der Waals surface area (Å²) in [6.07, 6.45) is -17.6. The van der Waals surface area contributed by atoms with Gasteiger partial charge in [-0.25, -0.2) is 56.0 Å². The highest BCUT2D eigenvalue weighted by Crippen LogP contribution is 2.63. The number of ether oxygens (including phenoxy) is 5. The van der Waals surface area contributed by atoms with Crippen LogP contribution in [0.3, 0.4) is 0 Å². The molecule has 6 aliphatic rings. The van der Waals surface area contributed by atoms with E-state index in [1.54, 1.807) is 117 Å². The topological polar surface area (TPSA) is 505 Å². The van der Waals surface area contributed by atoms with Crippen molar-refractivity contribution in [3.05, 3.63) is 35.9 Å². The number of thioether (sulfide) groups is 1. The van der Waals surface area contributed by atoms with Gasteiger partial charge in [0.25, 0.3) is 0 Å². The molecule has 1 aromatic rings. The van der Waals surface area contributed by atoms with Gasteiger partial charge in [-0.3, -0.25) is 14.4 Å². The number of alkyl halides is 12. The number of hydrogen-bond acceptors (Lipinski definition) is 30. The molecule has 6 fully saturated rings. The summed E-state index contributed by atoms with van der Waals surface area (Å²) in [7, 11) is -24.6. The van der Waals surface area contributed by atoms with Gasteiger partial charge in [-0.15, -0.1) is 0 Å². The lowest BCUT2D eigenvalue weighted by Crippen LogP contribution is -2.54. The molecule has 0 aromatic heterocycles. The molecule has 0 radical (unpaired) electrons. The van der Waals surface area contributed by atoms with E-state index < -0.39 is 261 Å². The number of aliphatic hydroxyl groups is 8. The monoisotopic (exact) mass is 1810 g/mol. The molecule has 4 aliphatic heterocycles. The lowest BCUT2D eigenvalue weighted by molar-refractivity contribution is -0.160. The zero-order valence-corrected chi connectivity index (χ0v) is 71.7. The minimum Gasteiger partial charge on any atom is -0.743 e. The van der Waals surface area contributed by atoms with E-state index in [1.165, 1.54) is 49.9 Å². The molecule has 7 rings (SSSR count). The molecule has 19 unspecified atom stereocenters. The molecule has 6 bridgehead atoms. The Kier molecular flexibility index (Phi) is 36.7. The van der Waals surface area contributed by atoms with Crippen molar-refractivity contribution in [2.24, 2.45) is 65.1 Å². The number of carbonyl (C=O) groups excluding carboxylic acids is 4. The number of esters is 4. The van der Waals surface area contributed by atoms with Crippen LogP contribution in [0.25, 0.3) is 0 Å². The lowest BCUT2D eigenvalue weighted by atomic mass is 9.63. The first-order chi connectivity index (χ1) is 51.8. The van der Waals surface area contributed by atoms with Gasteiger partial charge < -0.3 is 82.7 Å². The van der Waals surface area contributed by atoms with Crippen LogP contribution in [0.15, 0.2) is 30.3 Å². The Hall–Kier alpha value is -4.11. The summed E-state index contributed by atoms with van der Waals surface area (Å²) in [6, 6.07) is 7.49. The summed E-state index contributed by atoms with van der Waals surface area (Å²) < 4.78 is 307. The fraction of sp³-hybridized carbons (Fsp3) is 0.859. The Morgan fingerprint density at radius 2 is 0.709 bits per heavy atom. The first-order valence-corrected chi connectivity index (χ1v) is 43.1. The van der Waals surface area contributed by atoms with Crippen molar-refractivity contribution in [1.29, 1.82) is 0 Å². The molecule has 4 saturated heterocycles. The lowest BCUT2D eigenvalue weighted by Gasteiger charge is -2.46. The molecule has 8 N–H and O–H groups in total. The minimum atomic E-state index is -6.19. The van der Waals surface area contributed by atoms with E-state index in [0.29, 0.717) is 19.3 Å². The molecular weight excluding hydrogens is 1710 g/mol. The van der Waals surface area contributed by atoms with E-state index in [0.717, 1.165) is 0 Å². The number of hydrogen-bond donors (Lipinski definition) is 8. The maximum absolute atomic E-state index is 13.5. The van der Waals surface area contributed by atoms with Gasteiger partial charge in [0.15, 0.2) is 65.2 Å². The normalized spacial score (nSPS) is 27.0. The van der Waals surface area contributed by atoms with Crippen molar-refractivity contribution < 1.29 is 188 Å². The molecular formula is C71H110F12O29S5-4. The van der Waals surface area contributed by atoms with E-state index in [4.69, 9.17) is 29.2 Å². The van der Waals surface area contributed by atoms with Crippen LogP contribution in [0.5, 0.6) is 0 Å². The SMILES string of the molecule is CC(C)(C)O.CC(C)(C)O.CC(C)(O)C1C2CC(C(=O)OCCC(F)C(F)(F)S(=O)(=O)[O-])C(C2)C1C(C)(C)O.CC(C)(O)C1C2CC(C(=O)OCCC(F)C(F)(F)S(=O)(=O)[O-])C(O2)C1C(C)(C)O.CC(C)(O)C1C2CC(C(=O)OCCC(F)C(F)(F)S(=O)(=O)[O-])C(S2)C1C(C)(C)O.O=C(OCCC(F)C(F)(F)S(=O)(=O)[O-])c1ccccc1. The molecule has 0 spiro atoms. The average molecular weight is 1820 g/mol. The zero-order chi connectivity index (χ0) is 92.1. The van der Waals surface area contributed by atoms with Crippen LogP contribution in [0.2, 0.25) is 0 Å². The van der Waals surface area contributed by atoms with E-state index in [-0.39, 0.29) is 46.2 Å². The summed E-state index contributed by atoms with van der Waals surface area (Å²) in [5, 5.41) is 59.4. The first kappa shape index (κ1) is 109. The third-order valence-electron chi connectivity index (χ3n) is 19.8. The fourth-order valence-corrected chi connectivity index (χ4v) is 19.5. The molecule has 29 nitrogen and oxygen atoms in total. The van der Waals surface area contributed by atoms with E-state index >= 15 is 0 Å². The summed E-state index contributed by atoms with van der Waals surface area (Å²) in [4.78, 5) is 48.6. The van der Waals surface area contributed by atoms with Crippen LogP contribution < -0.4 is 0 Å². The predicted molar refractivity (Wildman–Crippen MR) is 389 cm³/mol. The van der Waals surface area contributed by atoms with Crippen molar-refractivity contribution in [2.45, 2.75) is 289 Å². The molecule has 686 valence electrons. The van der Waals surface area contributed by atoms with E-state index in [2.05, 4.69) is 4.74 Å². The third kappa shape index (κ3) is 30.1. The molecule has 4 heterocycles. The van der Waals surface area contributed by atoms with Gasteiger partial charge in [0.05, 0.1) is 107 Å². The highest BCUT2D eigenvalue weighted by Gasteiger charge is 2.66. The van der Waals surface area contributed by atoms with Crippen LogP contribution in [0, 0.1) is 65.1 Å². The van der Waals surface area contributed by atoms with Gasteiger partial charge in [-0.2, -0.15) is 46.9 Å².